The number of aromatic nitrogens is 1. The molecule has 5 nitrogen and oxygen atoms in total. The number of hydrogen-bond acceptors (Lipinski definition) is 4. The summed E-state index contributed by atoms with van der Waals surface area (Å²) in [5.74, 6) is -0.503. The molecule has 1 aromatic carbocycles. The number of hydrogen-bond donors (Lipinski definition) is 2. The standard InChI is InChI=1S/C16H16ClF3N2O3/c17-12-13(15(24)21-8-2-1-3-9-23)22-25-14(12)10-4-6-11(7-5-10)16(18,19)20/h4-7,23H,1-3,8-9H2,(H,21,24). The molecule has 0 aliphatic heterocycles. The monoisotopic (exact) mass is 376 g/mol. The Morgan fingerprint density at radius 3 is 2.48 bits per heavy atom. The third-order valence-corrected chi connectivity index (χ3v) is 3.80. The zero-order valence-corrected chi connectivity index (χ0v) is 13.8. The summed E-state index contributed by atoms with van der Waals surface area (Å²) in [5.41, 5.74) is -0.640. The van der Waals surface area contributed by atoms with Crippen molar-refractivity contribution >= 4 is 17.5 Å². The topological polar surface area (TPSA) is 75.4 Å². The minimum Gasteiger partial charge on any atom is -0.396 e. The second-order valence-electron chi connectivity index (χ2n) is 5.29. The Kier molecular flexibility index (Phi) is 6.44. The second-order valence-corrected chi connectivity index (χ2v) is 5.67. The molecule has 0 atom stereocenters. The maximum atomic E-state index is 12.6. The van der Waals surface area contributed by atoms with Crippen molar-refractivity contribution in [2.24, 2.45) is 0 Å². The molecule has 0 bridgehead atoms. The van der Waals surface area contributed by atoms with Crippen molar-refractivity contribution < 1.29 is 27.6 Å². The summed E-state index contributed by atoms with van der Waals surface area (Å²) in [6.45, 7) is 0.483. The largest absolute Gasteiger partial charge is 0.416 e. The number of alkyl halides is 3. The predicted octanol–water partition coefficient (Wildman–Crippen LogP) is 3.91. The number of aliphatic hydroxyl groups excluding tert-OH is 1. The van der Waals surface area contributed by atoms with E-state index in [9.17, 15) is 18.0 Å². The quantitative estimate of drug-likeness (QED) is 0.718. The van der Waals surface area contributed by atoms with E-state index in [0.717, 1.165) is 18.6 Å². The van der Waals surface area contributed by atoms with Gasteiger partial charge in [-0.2, -0.15) is 13.2 Å². The molecular weight excluding hydrogens is 361 g/mol. The highest BCUT2D eigenvalue weighted by Crippen LogP contribution is 2.34. The molecule has 25 heavy (non-hydrogen) atoms. The number of amides is 1. The third-order valence-electron chi connectivity index (χ3n) is 3.45. The number of carbonyl (C=O) groups excluding carboxylic acids is 1. The molecule has 9 heteroatoms. The molecule has 0 aliphatic rings. The number of carbonyl (C=O) groups is 1. The van der Waals surface area contributed by atoms with Crippen LogP contribution in [0.4, 0.5) is 13.2 Å². The summed E-state index contributed by atoms with van der Waals surface area (Å²) >= 11 is 6.07. The minimum atomic E-state index is -4.44. The van der Waals surface area contributed by atoms with E-state index < -0.39 is 17.6 Å². The van der Waals surface area contributed by atoms with Gasteiger partial charge in [0.05, 0.1) is 5.56 Å². The van der Waals surface area contributed by atoms with E-state index in [1.54, 1.807) is 0 Å². The Morgan fingerprint density at radius 2 is 1.88 bits per heavy atom. The van der Waals surface area contributed by atoms with E-state index in [-0.39, 0.29) is 28.6 Å². The van der Waals surface area contributed by atoms with E-state index in [1.165, 1.54) is 12.1 Å². The first-order valence-corrected chi connectivity index (χ1v) is 7.94. The fraction of sp³-hybridized carbons (Fsp3) is 0.375. The lowest BCUT2D eigenvalue weighted by Crippen LogP contribution is -2.25. The van der Waals surface area contributed by atoms with E-state index in [2.05, 4.69) is 10.5 Å². The summed E-state index contributed by atoms with van der Waals surface area (Å²) in [7, 11) is 0. The van der Waals surface area contributed by atoms with Crippen LogP contribution in [0.3, 0.4) is 0 Å². The third kappa shape index (κ3) is 4.96. The van der Waals surface area contributed by atoms with Gasteiger partial charge in [-0.15, -0.1) is 0 Å². The molecular formula is C16H16ClF3N2O3. The molecule has 1 aromatic heterocycles. The molecule has 1 heterocycles. The van der Waals surface area contributed by atoms with Crippen LogP contribution in [0.25, 0.3) is 11.3 Å². The van der Waals surface area contributed by atoms with Crippen molar-refractivity contribution in [3.05, 3.63) is 40.5 Å². The number of nitrogens with zero attached hydrogens (tertiary/aromatic N) is 1. The number of nitrogens with one attached hydrogen (secondary N) is 1. The second kappa shape index (κ2) is 8.35. The maximum Gasteiger partial charge on any atom is 0.416 e. The normalized spacial score (nSPS) is 11.6. The smallest absolute Gasteiger partial charge is 0.396 e. The van der Waals surface area contributed by atoms with Gasteiger partial charge in [-0.25, -0.2) is 0 Å². The summed E-state index contributed by atoms with van der Waals surface area (Å²) in [6, 6.07) is 4.20. The number of halogens is 4. The number of benzene rings is 1. The summed E-state index contributed by atoms with van der Waals surface area (Å²) in [4.78, 5) is 12.0. The molecule has 2 aromatic rings. The van der Waals surface area contributed by atoms with Crippen molar-refractivity contribution in [1.29, 1.82) is 0 Å². The minimum absolute atomic E-state index is 0.0285. The first-order valence-electron chi connectivity index (χ1n) is 7.56. The van der Waals surface area contributed by atoms with Gasteiger partial charge in [0.15, 0.2) is 11.5 Å². The molecule has 0 saturated carbocycles. The van der Waals surface area contributed by atoms with Crippen molar-refractivity contribution in [3.8, 4) is 11.3 Å². The number of aliphatic hydroxyl groups is 1. The zero-order valence-electron chi connectivity index (χ0n) is 13.1. The van der Waals surface area contributed by atoms with Crippen LogP contribution in [0, 0.1) is 0 Å². The van der Waals surface area contributed by atoms with Crippen LogP contribution in [0.15, 0.2) is 28.8 Å². The molecule has 0 saturated heterocycles. The number of unbranched alkanes of at least 4 members (excludes halogenated alkanes) is 2. The lowest BCUT2D eigenvalue weighted by molar-refractivity contribution is -0.137. The molecule has 2 N–H and O–H groups in total. The molecule has 2 rings (SSSR count). The first kappa shape index (κ1) is 19.3. The molecule has 1 amide bonds. The zero-order chi connectivity index (χ0) is 18.4. The van der Waals surface area contributed by atoms with Gasteiger partial charge in [0, 0.05) is 18.7 Å². The Labute approximate surface area is 146 Å². The van der Waals surface area contributed by atoms with Crippen molar-refractivity contribution in [2.45, 2.75) is 25.4 Å². The molecule has 136 valence electrons. The van der Waals surface area contributed by atoms with Crippen LogP contribution >= 0.6 is 11.6 Å². The van der Waals surface area contributed by atoms with Gasteiger partial charge in [0.2, 0.25) is 0 Å². The fourth-order valence-electron chi connectivity index (χ4n) is 2.11. The van der Waals surface area contributed by atoms with E-state index in [0.29, 0.717) is 19.4 Å². The predicted molar refractivity (Wildman–Crippen MR) is 85.2 cm³/mol. The highest BCUT2D eigenvalue weighted by Gasteiger charge is 2.30. The van der Waals surface area contributed by atoms with Gasteiger partial charge < -0.3 is 14.9 Å². The molecule has 0 aliphatic carbocycles. The van der Waals surface area contributed by atoms with E-state index in [1.807, 2.05) is 0 Å². The van der Waals surface area contributed by atoms with Gasteiger partial charge in [-0.05, 0) is 31.4 Å². The van der Waals surface area contributed by atoms with Crippen molar-refractivity contribution in [1.82, 2.24) is 10.5 Å². The number of rotatable bonds is 7. The first-order chi connectivity index (χ1) is 11.8. The molecule has 0 fully saturated rings. The van der Waals surface area contributed by atoms with Gasteiger partial charge in [-0.3, -0.25) is 4.79 Å². The van der Waals surface area contributed by atoms with Crippen LogP contribution in [0.1, 0.15) is 35.3 Å². The van der Waals surface area contributed by atoms with E-state index in [4.69, 9.17) is 21.2 Å². The van der Waals surface area contributed by atoms with Crippen LogP contribution in [-0.2, 0) is 6.18 Å². The Hall–Kier alpha value is -2.06. The Morgan fingerprint density at radius 1 is 1.20 bits per heavy atom. The van der Waals surface area contributed by atoms with Gasteiger partial charge in [0.25, 0.3) is 5.91 Å². The SMILES string of the molecule is O=C(NCCCCCO)c1noc(-c2ccc(C(F)(F)F)cc2)c1Cl. The van der Waals surface area contributed by atoms with Crippen molar-refractivity contribution in [2.75, 3.05) is 13.2 Å². The average molecular weight is 377 g/mol. The Bertz CT molecular complexity index is 714. The Balaban J connectivity index is 2.06. The molecule has 0 radical (unpaired) electrons. The highest BCUT2D eigenvalue weighted by atomic mass is 35.5. The molecule has 0 spiro atoms. The highest BCUT2D eigenvalue weighted by molar-refractivity contribution is 6.35. The van der Waals surface area contributed by atoms with Crippen LogP contribution in [-0.4, -0.2) is 29.3 Å². The summed E-state index contributed by atoms with van der Waals surface area (Å²) < 4.78 is 42.8. The summed E-state index contributed by atoms with van der Waals surface area (Å²) in [5, 5.41) is 14.8. The van der Waals surface area contributed by atoms with Gasteiger partial charge in [-0.1, -0.05) is 28.9 Å². The van der Waals surface area contributed by atoms with E-state index >= 15 is 0 Å². The fourth-order valence-corrected chi connectivity index (χ4v) is 2.37. The molecule has 0 unspecified atom stereocenters. The van der Waals surface area contributed by atoms with Gasteiger partial charge in [0.1, 0.15) is 5.02 Å². The summed E-state index contributed by atoms with van der Waals surface area (Å²) in [6.07, 6.45) is -2.34. The van der Waals surface area contributed by atoms with Crippen LogP contribution < -0.4 is 5.32 Å². The average Bonchev–Trinajstić information content (AvgIpc) is 2.95. The lowest BCUT2D eigenvalue weighted by Gasteiger charge is -2.06. The maximum absolute atomic E-state index is 12.6. The van der Waals surface area contributed by atoms with Crippen LogP contribution in [0.2, 0.25) is 5.02 Å². The van der Waals surface area contributed by atoms with Crippen LogP contribution in [0.5, 0.6) is 0 Å². The lowest BCUT2D eigenvalue weighted by atomic mass is 10.1. The van der Waals surface area contributed by atoms with Gasteiger partial charge >= 0.3 is 6.18 Å². The van der Waals surface area contributed by atoms with Crippen molar-refractivity contribution in [3.63, 3.8) is 0 Å².